The van der Waals surface area contributed by atoms with E-state index in [1.807, 2.05) is 6.92 Å². The molecule has 2 aliphatic carbocycles. The molecule has 1 saturated heterocycles. The largest absolute Gasteiger partial charge is 0.489 e. The summed E-state index contributed by atoms with van der Waals surface area (Å²) in [5.41, 5.74) is 6.22. The number of methoxy groups -OCH3 is 1. The normalized spacial score (nSPS) is 49.6. The Morgan fingerprint density at radius 1 is 1.36 bits per heavy atom. The van der Waals surface area contributed by atoms with E-state index >= 15 is 0 Å². The molecule has 7 nitrogen and oxygen atoms in total. The third-order valence-corrected chi connectivity index (χ3v) is 8.61. The molecule has 5 N–H and O–H groups in total. The minimum Gasteiger partial charge on any atom is -0.489 e. The van der Waals surface area contributed by atoms with Crippen molar-refractivity contribution in [1.29, 1.82) is 0 Å². The molecule has 0 amide bonds. The van der Waals surface area contributed by atoms with E-state index in [1.165, 1.54) is 0 Å². The van der Waals surface area contributed by atoms with E-state index in [0.717, 1.165) is 5.57 Å². The predicted octanol–water partition coefficient (Wildman–Crippen LogP) is 1.75. The van der Waals surface area contributed by atoms with Crippen LogP contribution < -0.4 is 11.1 Å². The molecule has 4 rings (SSSR count). The Labute approximate surface area is 198 Å². The number of rotatable bonds is 5. The second-order valence-electron chi connectivity index (χ2n) is 10.5. The van der Waals surface area contributed by atoms with Crippen LogP contribution in [-0.4, -0.2) is 72.6 Å². The van der Waals surface area contributed by atoms with Crippen LogP contribution in [0.25, 0.3) is 0 Å². The molecule has 4 bridgehead atoms. The molecule has 12 atom stereocenters. The van der Waals surface area contributed by atoms with Crippen molar-refractivity contribution in [2.45, 2.75) is 76.3 Å². The lowest BCUT2D eigenvalue weighted by atomic mass is 9.57. The van der Waals surface area contributed by atoms with Gasteiger partial charge in [-0.3, -0.25) is 0 Å². The number of hydrogen-bond donors (Lipinski definition) is 4. The Morgan fingerprint density at radius 2 is 2.09 bits per heavy atom. The highest BCUT2D eigenvalue weighted by atomic mass is 16.5. The van der Waals surface area contributed by atoms with Crippen LogP contribution in [0.2, 0.25) is 0 Å². The fourth-order valence-electron chi connectivity index (χ4n) is 7.03. The molecular weight excluding hydrogens is 420 g/mol. The molecule has 0 aromatic rings. The van der Waals surface area contributed by atoms with Gasteiger partial charge in [-0.05, 0) is 25.8 Å². The van der Waals surface area contributed by atoms with Crippen LogP contribution in [-0.2, 0) is 14.2 Å². The van der Waals surface area contributed by atoms with Crippen LogP contribution in [0.5, 0.6) is 0 Å². The first-order valence-corrected chi connectivity index (χ1v) is 12.4. The summed E-state index contributed by atoms with van der Waals surface area (Å²) in [5, 5.41) is 25.6. The summed E-state index contributed by atoms with van der Waals surface area (Å²) < 4.78 is 19.0. The number of ether oxygens (including phenoxy) is 3. The molecule has 7 heteroatoms. The van der Waals surface area contributed by atoms with E-state index < -0.39 is 23.9 Å². The molecule has 1 saturated carbocycles. The van der Waals surface area contributed by atoms with Crippen LogP contribution in [0.3, 0.4) is 0 Å². The zero-order valence-corrected chi connectivity index (χ0v) is 20.6. The zero-order chi connectivity index (χ0) is 24.1. The zero-order valence-electron chi connectivity index (χ0n) is 20.6. The fourth-order valence-corrected chi connectivity index (χ4v) is 7.03. The van der Waals surface area contributed by atoms with Gasteiger partial charge in [-0.2, -0.15) is 0 Å². The van der Waals surface area contributed by atoms with Gasteiger partial charge in [0.1, 0.15) is 23.6 Å². The van der Waals surface area contributed by atoms with Gasteiger partial charge >= 0.3 is 0 Å². The number of nitrogens with two attached hydrogens (primary N) is 1. The Balaban J connectivity index is 1.82. The molecule has 2 heterocycles. The maximum absolute atomic E-state index is 11.6. The SMILES string of the molecule is C=C1O[C@H]([C@@H](C)O)[C@H](C)/C=C(\C)[C@]23O[C@@H]4[C@H](C=C[C@@H]2C[C@@H]1OC)[C@H]3[C@H](O)[C@@H](C)[C@@H]4NCCN. The first kappa shape index (κ1) is 24.9. The van der Waals surface area contributed by atoms with Gasteiger partial charge in [-0.1, -0.05) is 38.7 Å². The van der Waals surface area contributed by atoms with Crippen molar-refractivity contribution in [2.24, 2.45) is 35.3 Å². The molecule has 4 aliphatic rings. The van der Waals surface area contributed by atoms with E-state index in [9.17, 15) is 10.2 Å². The highest BCUT2D eigenvalue weighted by molar-refractivity contribution is 5.35. The van der Waals surface area contributed by atoms with Crippen LogP contribution in [0.1, 0.15) is 34.1 Å². The standard InChI is InChI=1S/C26H42N2O5/c1-13-11-14(2)26-18(12-20(31-6)17(5)32-24(13)16(4)29)7-8-19-21(26)23(30)15(3)22(25(19)33-26)28-10-9-27/h7-8,11,13,15-16,18-25,28-30H,5,9-10,12,27H2,1-4,6H3/b14-11+/t13-,15+,16-,18-,19-,20+,21+,22+,23-,24+,25-,26+/m1/s1. The fraction of sp³-hybridized carbons (Fsp3) is 0.769. The van der Waals surface area contributed by atoms with Crippen molar-refractivity contribution in [3.63, 3.8) is 0 Å². The van der Waals surface area contributed by atoms with E-state index in [4.69, 9.17) is 19.9 Å². The van der Waals surface area contributed by atoms with E-state index in [2.05, 4.69) is 44.0 Å². The van der Waals surface area contributed by atoms with Gasteiger partial charge in [0.2, 0.25) is 0 Å². The number of aliphatic hydroxyl groups excluding tert-OH is 2. The summed E-state index contributed by atoms with van der Waals surface area (Å²) in [5.74, 6) is 0.542. The summed E-state index contributed by atoms with van der Waals surface area (Å²) >= 11 is 0. The molecule has 0 radical (unpaired) electrons. The molecule has 0 aromatic heterocycles. The summed E-state index contributed by atoms with van der Waals surface area (Å²) in [6.45, 7) is 13.4. The lowest BCUT2D eigenvalue weighted by molar-refractivity contribution is -0.0899. The molecule has 186 valence electrons. The monoisotopic (exact) mass is 462 g/mol. The van der Waals surface area contributed by atoms with Gasteiger partial charge in [0.15, 0.2) is 0 Å². The Kier molecular flexibility index (Phi) is 7.12. The topological polar surface area (TPSA) is 106 Å². The lowest BCUT2D eigenvalue weighted by Crippen LogP contribution is -2.59. The van der Waals surface area contributed by atoms with Gasteiger partial charge in [0.25, 0.3) is 0 Å². The second kappa shape index (κ2) is 9.44. The molecule has 0 unspecified atom stereocenters. The number of hydrogen-bond acceptors (Lipinski definition) is 7. The molecule has 2 fully saturated rings. The van der Waals surface area contributed by atoms with Crippen LogP contribution >= 0.6 is 0 Å². The van der Waals surface area contributed by atoms with Gasteiger partial charge in [-0.15, -0.1) is 0 Å². The average Bonchev–Trinajstić information content (AvgIpc) is 2.96. The van der Waals surface area contributed by atoms with Gasteiger partial charge in [-0.25, -0.2) is 0 Å². The third kappa shape index (κ3) is 3.91. The van der Waals surface area contributed by atoms with Gasteiger partial charge < -0.3 is 35.5 Å². The first-order chi connectivity index (χ1) is 15.7. The lowest BCUT2D eigenvalue weighted by Gasteiger charge is -2.49. The Morgan fingerprint density at radius 3 is 2.73 bits per heavy atom. The van der Waals surface area contributed by atoms with Crippen molar-refractivity contribution in [3.05, 3.63) is 36.1 Å². The Hall–Kier alpha value is -1.22. The smallest absolute Gasteiger partial charge is 0.130 e. The van der Waals surface area contributed by atoms with Crippen molar-refractivity contribution < 1.29 is 24.4 Å². The highest BCUT2D eigenvalue weighted by Gasteiger charge is 2.67. The average molecular weight is 463 g/mol. The van der Waals surface area contributed by atoms with Crippen molar-refractivity contribution in [3.8, 4) is 0 Å². The molecule has 2 aliphatic heterocycles. The minimum atomic E-state index is -0.677. The van der Waals surface area contributed by atoms with Gasteiger partial charge in [0, 0.05) is 55.8 Å². The molecule has 33 heavy (non-hydrogen) atoms. The number of nitrogens with one attached hydrogen (secondary N) is 1. The van der Waals surface area contributed by atoms with Crippen LogP contribution in [0, 0.1) is 29.6 Å². The maximum atomic E-state index is 11.6. The van der Waals surface area contributed by atoms with E-state index in [1.54, 1.807) is 14.0 Å². The summed E-state index contributed by atoms with van der Waals surface area (Å²) in [4.78, 5) is 0. The van der Waals surface area contributed by atoms with Crippen molar-refractivity contribution >= 4 is 0 Å². The minimum absolute atomic E-state index is 0.00397. The van der Waals surface area contributed by atoms with E-state index in [0.29, 0.717) is 25.3 Å². The molecule has 1 spiro atoms. The second-order valence-corrected chi connectivity index (χ2v) is 10.5. The van der Waals surface area contributed by atoms with Crippen molar-refractivity contribution in [2.75, 3.05) is 20.2 Å². The van der Waals surface area contributed by atoms with Crippen LogP contribution in [0.4, 0.5) is 0 Å². The van der Waals surface area contributed by atoms with Crippen molar-refractivity contribution in [1.82, 2.24) is 5.32 Å². The summed E-state index contributed by atoms with van der Waals surface area (Å²) in [6, 6.07) is 0.0231. The number of aliphatic hydroxyl groups is 2. The molecular formula is C26H42N2O5. The van der Waals surface area contributed by atoms with Crippen LogP contribution in [0.15, 0.2) is 36.1 Å². The third-order valence-electron chi connectivity index (χ3n) is 8.61. The maximum Gasteiger partial charge on any atom is 0.130 e. The van der Waals surface area contributed by atoms with E-state index in [-0.39, 0.29) is 47.8 Å². The predicted molar refractivity (Wildman–Crippen MR) is 127 cm³/mol. The first-order valence-electron chi connectivity index (χ1n) is 12.4. The summed E-state index contributed by atoms with van der Waals surface area (Å²) in [7, 11) is 1.66. The molecule has 0 aromatic carbocycles. The summed E-state index contributed by atoms with van der Waals surface area (Å²) in [6.07, 6.45) is 5.24. The quantitative estimate of drug-likeness (QED) is 0.461. The Bertz CT molecular complexity index is 798. The van der Waals surface area contributed by atoms with Gasteiger partial charge in [0.05, 0.1) is 18.3 Å². The highest BCUT2D eigenvalue weighted by Crippen LogP contribution is 2.60.